The van der Waals surface area contributed by atoms with Gasteiger partial charge in [0.05, 0.1) is 11.0 Å². The molecule has 0 saturated heterocycles. The molecule has 5 nitrogen and oxygen atoms in total. The standard InChI is InChI=1S/C19H14N4O/c24-19(13-5-2-1-3-6-13)21-15-8-9-16-17(11-15)23-18(22-16)14-7-4-10-20-12-14/h1-12H,(H,21,24)(H,22,23). The van der Waals surface area contributed by atoms with Gasteiger partial charge >= 0.3 is 0 Å². The van der Waals surface area contributed by atoms with Crippen LogP contribution in [0.2, 0.25) is 0 Å². The van der Waals surface area contributed by atoms with Crippen LogP contribution < -0.4 is 5.32 Å². The minimum atomic E-state index is -0.137. The molecule has 1 amide bonds. The molecule has 0 aliphatic carbocycles. The Balaban J connectivity index is 1.63. The molecule has 4 aromatic rings. The van der Waals surface area contributed by atoms with E-state index < -0.39 is 0 Å². The van der Waals surface area contributed by atoms with Gasteiger partial charge in [0, 0.05) is 29.2 Å². The fourth-order valence-electron chi connectivity index (χ4n) is 2.52. The molecule has 24 heavy (non-hydrogen) atoms. The molecule has 0 atom stereocenters. The van der Waals surface area contributed by atoms with Crippen LogP contribution in [0, 0.1) is 0 Å². The molecule has 5 heteroatoms. The fraction of sp³-hybridized carbons (Fsp3) is 0. The molecule has 2 aromatic heterocycles. The van der Waals surface area contributed by atoms with Crippen LogP contribution in [0.3, 0.4) is 0 Å². The molecule has 2 heterocycles. The number of hydrogen-bond acceptors (Lipinski definition) is 3. The first-order valence-electron chi connectivity index (χ1n) is 7.56. The molecular formula is C19H14N4O. The van der Waals surface area contributed by atoms with Crippen LogP contribution in [0.1, 0.15) is 10.4 Å². The van der Waals surface area contributed by atoms with E-state index in [0.29, 0.717) is 5.56 Å². The second-order valence-corrected chi connectivity index (χ2v) is 5.38. The summed E-state index contributed by atoms with van der Waals surface area (Å²) in [7, 11) is 0. The van der Waals surface area contributed by atoms with Gasteiger partial charge < -0.3 is 10.3 Å². The Kier molecular flexibility index (Phi) is 3.51. The second-order valence-electron chi connectivity index (χ2n) is 5.38. The van der Waals surface area contributed by atoms with Gasteiger partial charge in [0.2, 0.25) is 0 Å². The Morgan fingerprint density at radius 3 is 2.67 bits per heavy atom. The number of hydrogen-bond donors (Lipinski definition) is 2. The van der Waals surface area contributed by atoms with Crippen molar-refractivity contribution in [3.63, 3.8) is 0 Å². The third kappa shape index (κ3) is 2.75. The molecule has 2 N–H and O–H groups in total. The Morgan fingerprint density at radius 1 is 1.00 bits per heavy atom. The number of imidazole rings is 1. The average molecular weight is 314 g/mol. The number of H-pyrrole nitrogens is 1. The van der Waals surface area contributed by atoms with Crippen LogP contribution in [0.25, 0.3) is 22.4 Å². The van der Waals surface area contributed by atoms with E-state index in [1.807, 2.05) is 48.5 Å². The number of nitrogens with zero attached hydrogens (tertiary/aromatic N) is 2. The lowest BCUT2D eigenvalue weighted by atomic mass is 10.2. The summed E-state index contributed by atoms with van der Waals surface area (Å²) in [5, 5.41) is 2.90. The summed E-state index contributed by atoms with van der Waals surface area (Å²) < 4.78 is 0. The van der Waals surface area contributed by atoms with Crippen LogP contribution in [0.4, 0.5) is 5.69 Å². The highest BCUT2D eigenvalue weighted by molar-refractivity contribution is 6.05. The van der Waals surface area contributed by atoms with Crippen molar-refractivity contribution in [3.05, 3.63) is 78.6 Å². The Morgan fingerprint density at radius 2 is 1.88 bits per heavy atom. The Bertz CT molecular complexity index is 994. The number of pyridine rings is 1. The van der Waals surface area contributed by atoms with E-state index in [2.05, 4.69) is 20.3 Å². The summed E-state index contributed by atoms with van der Waals surface area (Å²) >= 11 is 0. The zero-order valence-corrected chi connectivity index (χ0v) is 12.7. The molecule has 0 aliphatic heterocycles. The first-order valence-corrected chi connectivity index (χ1v) is 7.56. The van der Waals surface area contributed by atoms with Gasteiger partial charge in [-0.25, -0.2) is 4.98 Å². The van der Waals surface area contributed by atoms with Crippen molar-refractivity contribution in [2.24, 2.45) is 0 Å². The molecule has 0 fully saturated rings. The predicted molar refractivity (Wildman–Crippen MR) is 93.7 cm³/mol. The number of amides is 1. The average Bonchev–Trinajstić information content (AvgIpc) is 3.06. The summed E-state index contributed by atoms with van der Waals surface area (Å²) in [6, 6.07) is 18.5. The van der Waals surface area contributed by atoms with Crippen molar-refractivity contribution in [1.82, 2.24) is 15.0 Å². The minimum absolute atomic E-state index is 0.137. The highest BCUT2D eigenvalue weighted by Gasteiger charge is 2.08. The van der Waals surface area contributed by atoms with E-state index in [0.717, 1.165) is 28.1 Å². The SMILES string of the molecule is O=C(Nc1ccc2nc(-c3cccnc3)[nH]c2c1)c1ccccc1. The normalized spacial score (nSPS) is 10.7. The van der Waals surface area contributed by atoms with Crippen molar-refractivity contribution in [3.8, 4) is 11.4 Å². The van der Waals surface area contributed by atoms with E-state index in [1.165, 1.54) is 0 Å². The lowest BCUT2D eigenvalue weighted by Crippen LogP contribution is -2.11. The van der Waals surface area contributed by atoms with Crippen LogP contribution in [-0.4, -0.2) is 20.9 Å². The monoisotopic (exact) mass is 314 g/mol. The number of aromatic amines is 1. The zero-order chi connectivity index (χ0) is 16.4. The fourth-order valence-corrected chi connectivity index (χ4v) is 2.52. The van der Waals surface area contributed by atoms with Gasteiger partial charge in [-0.15, -0.1) is 0 Å². The van der Waals surface area contributed by atoms with Gasteiger partial charge in [0.1, 0.15) is 5.82 Å². The summed E-state index contributed by atoms with van der Waals surface area (Å²) in [6.07, 6.45) is 3.49. The van der Waals surface area contributed by atoms with Crippen molar-refractivity contribution >= 4 is 22.6 Å². The van der Waals surface area contributed by atoms with E-state index in [4.69, 9.17) is 0 Å². The lowest BCUT2D eigenvalue weighted by Gasteiger charge is -2.04. The molecule has 116 valence electrons. The highest BCUT2D eigenvalue weighted by atomic mass is 16.1. The Labute approximate surface area is 138 Å². The molecule has 0 spiro atoms. The van der Waals surface area contributed by atoms with Gasteiger partial charge in [-0.2, -0.15) is 0 Å². The first-order chi connectivity index (χ1) is 11.8. The van der Waals surface area contributed by atoms with Crippen LogP contribution in [-0.2, 0) is 0 Å². The Hall–Kier alpha value is -3.47. The number of nitrogens with one attached hydrogen (secondary N) is 2. The van der Waals surface area contributed by atoms with E-state index in [9.17, 15) is 4.79 Å². The van der Waals surface area contributed by atoms with Crippen LogP contribution in [0.5, 0.6) is 0 Å². The first kappa shape index (κ1) is 14.1. The summed E-state index contributed by atoms with van der Waals surface area (Å²) in [5.41, 5.74) is 3.96. The number of carbonyl (C=O) groups is 1. The molecule has 4 rings (SSSR count). The third-order valence-corrected chi connectivity index (χ3v) is 3.71. The maximum absolute atomic E-state index is 12.2. The number of aromatic nitrogens is 3. The molecule has 2 aromatic carbocycles. The van der Waals surface area contributed by atoms with E-state index >= 15 is 0 Å². The number of carbonyl (C=O) groups excluding carboxylic acids is 1. The number of benzene rings is 2. The topological polar surface area (TPSA) is 70.7 Å². The second kappa shape index (κ2) is 5.96. The minimum Gasteiger partial charge on any atom is -0.338 e. The van der Waals surface area contributed by atoms with Gasteiger partial charge in [0.15, 0.2) is 0 Å². The molecular weight excluding hydrogens is 300 g/mol. The number of rotatable bonds is 3. The van der Waals surface area contributed by atoms with Crippen molar-refractivity contribution < 1.29 is 4.79 Å². The highest BCUT2D eigenvalue weighted by Crippen LogP contribution is 2.22. The van der Waals surface area contributed by atoms with Crippen LogP contribution >= 0.6 is 0 Å². The largest absolute Gasteiger partial charge is 0.338 e. The maximum atomic E-state index is 12.2. The van der Waals surface area contributed by atoms with Gasteiger partial charge in [-0.3, -0.25) is 9.78 Å². The molecule has 0 aliphatic rings. The van der Waals surface area contributed by atoms with E-state index in [1.54, 1.807) is 24.5 Å². The molecule has 0 radical (unpaired) electrons. The smallest absolute Gasteiger partial charge is 0.255 e. The third-order valence-electron chi connectivity index (χ3n) is 3.71. The number of anilines is 1. The zero-order valence-electron chi connectivity index (χ0n) is 12.7. The van der Waals surface area contributed by atoms with E-state index in [-0.39, 0.29) is 5.91 Å². The van der Waals surface area contributed by atoms with Gasteiger partial charge in [-0.1, -0.05) is 18.2 Å². The van der Waals surface area contributed by atoms with Crippen LogP contribution in [0.15, 0.2) is 73.1 Å². The molecule has 0 unspecified atom stereocenters. The predicted octanol–water partition coefficient (Wildman–Crippen LogP) is 3.88. The number of fused-ring (bicyclic) bond motifs is 1. The summed E-state index contributed by atoms with van der Waals surface area (Å²) in [4.78, 5) is 24.2. The summed E-state index contributed by atoms with van der Waals surface area (Å²) in [6.45, 7) is 0. The molecule has 0 saturated carbocycles. The van der Waals surface area contributed by atoms with Crippen molar-refractivity contribution in [1.29, 1.82) is 0 Å². The summed E-state index contributed by atoms with van der Waals surface area (Å²) in [5.74, 6) is 0.617. The van der Waals surface area contributed by atoms with Crippen molar-refractivity contribution in [2.45, 2.75) is 0 Å². The maximum Gasteiger partial charge on any atom is 0.255 e. The molecule has 0 bridgehead atoms. The lowest BCUT2D eigenvalue weighted by molar-refractivity contribution is 0.102. The quantitative estimate of drug-likeness (QED) is 0.603. The van der Waals surface area contributed by atoms with Crippen molar-refractivity contribution in [2.75, 3.05) is 5.32 Å². The van der Waals surface area contributed by atoms with Gasteiger partial charge in [-0.05, 0) is 42.5 Å². The van der Waals surface area contributed by atoms with Gasteiger partial charge in [0.25, 0.3) is 5.91 Å².